The number of thioether (sulfide) groups is 1. The largest absolute Gasteiger partial charge is 0.341 e. The first-order valence-corrected chi connectivity index (χ1v) is 7.86. The second-order valence-electron chi connectivity index (χ2n) is 4.70. The fraction of sp³-hybridized carbons (Fsp3) is 0.133. The van der Waals surface area contributed by atoms with Crippen LogP contribution in [0.5, 0.6) is 0 Å². The van der Waals surface area contributed by atoms with Crippen LogP contribution >= 0.6 is 27.7 Å². The zero-order valence-corrected chi connectivity index (χ0v) is 12.5. The number of halogens is 1. The molecule has 19 heavy (non-hydrogen) atoms. The Hall–Kier alpha value is -1.26. The SMILES string of the molecule is Brc1ccc2nc(C3Cc4ccccc4S3)[nH]c2c1. The summed E-state index contributed by atoms with van der Waals surface area (Å²) in [6.45, 7) is 0. The van der Waals surface area contributed by atoms with Gasteiger partial charge in [0.15, 0.2) is 0 Å². The van der Waals surface area contributed by atoms with Crippen LogP contribution in [0.4, 0.5) is 0 Å². The summed E-state index contributed by atoms with van der Waals surface area (Å²) < 4.78 is 1.08. The smallest absolute Gasteiger partial charge is 0.121 e. The molecule has 0 amide bonds. The van der Waals surface area contributed by atoms with Gasteiger partial charge in [0.2, 0.25) is 0 Å². The van der Waals surface area contributed by atoms with E-state index >= 15 is 0 Å². The van der Waals surface area contributed by atoms with E-state index in [1.165, 1.54) is 10.5 Å². The molecule has 4 heteroatoms. The van der Waals surface area contributed by atoms with E-state index in [-0.39, 0.29) is 0 Å². The van der Waals surface area contributed by atoms with Gasteiger partial charge in [-0.1, -0.05) is 34.1 Å². The third-order valence-corrected chi connectivity index (χ3v) is 5.23. The molecule has 0 fully saturated rings. The number of nitrogens with zero attached hydrogens (tertiary/aromatic N) is 1. The van der Waals surface area contributed by atoms with Gasteiger partial charge < -0.3 is 4.98 Å². The molecule has 2 nitrogen and oxygen atoms in total. The monoisotopic (exact) mass is 330 g/mol. The number of nitrogens with one attached hydrogen (secondary N) is 1. The van der Waals surface area contributed by atoms with Crippen molar-refractivity contribution >= 4 is 38.7 Å². The number of hydrogen-bond donors (Lipinski definition) is 1. The summed E-state index contributed by atoms with van der Waals surface area (Å²) in [7, 11) is 0. The van der Waals surface area contributed by atoms with E-state index in [0.29, 0.717) is 5.25 Å². The average molecular weight is 331 g/mol. The number of aromatic nitrogens is 2. The number of hydrogen-bond acceptors (Lipinski definition) is 2. The molecule has 0 bridgehead atoms. The molecule has 0 aliphatic carbocycles. The Labute approximate surface area is 123 Å². The molecule has 2 heterocycles. The lowest BCUT2D eigenvalue weighted by atomic mass is 10.1. The lowest BCUT2D eigenvalue weighted by Gasteiger charge is -2.02. The Morgan fingerprint density at radius 2 is 2.11 bits per heavy atom. The van der Waals surface area contributed by atoms with Gasteiger partial charge in [-0.2, -0.15) is 0 Å². The summed E-state index contributed by atoms with van der Waals surface area (Å²) in [5.74, 6) is 1.08. The lowest BCUT2D eigenvalue weighted by Crippen LogP contribution is -1.94. The molecular weight excluding hydrogens is 320 g/mol. The number of benzene rings is 2. The van der Waals surface area contributed by atoms with E-state index < -0.39 is 0 Å². The molecule has 1 atom stereocenters. The maximum atomic E-state index is 4.72. The minimum Gasteiger partial charge on any atom is -0.341 e. The highest BCUT2D eigenvalue weighted by atomic mass is 79.9. The number of imidazole rings is 1. The van der Waals surface area contributed by atoms with Crippen molar-refractivity contribution in [1.82, 2.24) is 9.97 Å². The minimum absolute atomic E-state index is 0.406. The molecule has 0 saturated carbocycles. The van der Waals surface area contributed by atoms with Crippen molar-refractivity contribution < 1.29 is 0 Å². The average Bonchev–Trinajstić information content (AvgIpc) is 3.00. The molecule has 2 aromatic carbocycles. The molecule has 3 aromatic rings. The number of fused-ring (bicyclic) bond motifs is 2. The van der Waals surface area contributed by atoms with E-state index in [9.17, 15) is 0 Å². The maximum Gasteiger partial charge on any atom is 0.121 e. The molecular formula is C15H11BrN2S. The molecule has 1 N–H and O–H groups in total. The third kappa shape index (κ3) is 1.99. The quantitative estimate of drug-likeness (QED) is 0.699. The normalized spacial score (nSPS) is 17.8. The zero-order chi connectivity index (χ0) is 12.8. The van der Waals surface area contributed by atoms with Crippen LogP contribution in [-0.2, 0) is 6.42 Å². The topological polar surface area (TPSA) is 28.7 Å². The standard InChI is InChI=1S/C15H11BrN2S/c16-10-5-6-11-12(8-10)18-15(17-11)14-7-9-3-1-2-4-13(9)19-14/h1-6,8,14H,7H2,(H,17,18). The first-order valence-electron chi connectivity index (χ1n) is 6.19. The van der Waals surface area contributed by atoms with E-state index in [4.69, 9.17) is 4.98 Å². The summed E-state index contributed by atoms with van der Waals surface area (Å²) in [5.41, 5.74) is 3.56. The lowest BCUT2D eigenvalue weighted by molar-refractivity contribution is 0.881. The fourth-order valence-corrected chi connectivity index (χ4v) is 4.10. The number of aromatic amines is 1. The first-order chi connectivity index (χ1) is 9.29. The van der Waals surface area contributed by atoms with Crippen LogP contribution in [-0.4, -0.2) is 9.97 Å². The van der Waals surface area contributed by atoms with Gasteiger partial charge in [0.05, 0.1) is 16.3 Å². The summed E-state index contributed by atoms with van der Waals surface area (Å²) in [6.07, 6.45) is 1.06. The molecule has 4 rings (SSSR count). The highest BCUT2D eigenvalue weighted by Crippen LogP contribution is 2.45. The van der Waals surface area contributed by atoms with E-state index in [0.717, 1.165) is 27.8 Å². The van der Waals surface area contributed by atoms with Gasteiger partial charge in [-0.15, -0.1) is 11.8 Å². The fourth-order valence-electron chi connectivity index (χ4n) is 2.49. The maximum absolute atomic E-state index is 4.72. The molecule has 1 aliphatic heterocycles. The predicted molar refractivity (Wildman–Crippen MR) is 82.5 cm³/mol. The Kier molecular flexibility index (Phi) is 2.67. The van der Waals surface area contributed by atoms with Gasteiger partial charge in [-0.3, -0.25) is 0 Å². The van der Waals surface area contributed by atoms with Crippen LogP contribution in [0.15, 0.2) is 51.8 Å². The predicted octanol–water partition coefficient (Wildman–Crippen LogP) is 4.71. The van der Waals surface area contributed by atoms with Crippen LogP contribution in [0, 0.1) is 0 Å². The molecule has 0 radical (unpaired) electrons. The van der Waals surface area contributed by atoms with Gasteiger partial charge in [0.25, 0.3) is 0 Å². The van der Waals surface area contributed by atoms with Gasteiger partial charge in [-0.05, 0) is 36.2 Å². The van der Waals surface area contributed by atoms with E-state index in [1.54, 1.807) is 0 Å². The minimum atomic E-state index is 0.406. The number of rotatable bonds is 1. The van der Waals surface area contributed by atoms with Gasteiger partial charge >= 0.3 is 0 Å². The Morgan fingerprint density at radius 3 is 3.00 bits per heavy atom. The van der Waals surface area contributed by atoms with Crippen molar-refractivity contribution in [3.63, 3.8) is 0 Å². The van der Waals surface area contributed by atoms with Crippen LogP contribution < -0.4 is 0 Å². The summed E-state index contributed by atoms with van der Waals surface area (Å²) in [5, 5.41) is 0.406. The van der Waals surface area contributed by atoms with Crippen molar-refractivity contribution in [3.8, 4) is 0 Å². The highest BCUT2D eigenvalue weighted by molar-refractivity contribution is 9.10. The molecule has 0 spiro atoms. The van der Waals surface area contributed by atoms with Crippen molar-refractivity contribution in [1.29, 1.82) is 0 Å². The second-order valence-corrected chi connectivity index (χ2v) is 6.86. The van der Waals surface area contributed by atoms with Crippen molar-refractivity contribution in [3.05, 3.63) is 58.3 Å². The van der Waals surface area contributed by atoms with E-state index in [2.05, 4.69) is 51.2 Å². The van der Waals surface area contributed by atoms with Gasteiger partial charge in [0.1, 0.15) is 5.82 Å². The molecule has 1 aliphatic rings. The van der Waals surface area contributed by atoms with Crippen LogP contribution in [0.25, 0.3) is 11.0 Å². The molecule has 94 valence electrons. The molecule has 1 unspecified atom stereocenters. The van der Waals surface area contributed by atoms with Crippen molar-refractivity contribution in [2.24, 2.45) is 0 Å². The highest BCUT2D eigenvalue weighted by Gasteiger charge is 2.25. The van der Waals surface area contributed by atoms with Crippen molar-refractivity contribution in [2.75, 3.05) is 0 Å². The van der Waals surface area contributed by atoms with Crippen LogP contribution in [0.1, 0.15) is 16.6 Å². The van der Waals surface area contributed by atoms with Crippen LogP contribution in [0.3, 0.4) is 0 Å². The first kappa shape index (κ1) is 11.6. The summed E-state index contributed by atoms with van der Waals surface area (Å²) in [4.78, 5) is 9.56. The van der Waals surface area contributed by atoms with Gasteiger partial charge in [0, 0.05) is 9.37 Å². The summed E-state index contributed by atoms with van der Waals surface area (Å²) in [6, 6.07) is 14.8. The molecule has 1 aromatic heterocycles. The molecule has 0 saturated heterocycles. The van der Waals surface area contributed by atoms with E-state index in [1.807, 2.05) is 23.9 Å². The zero-order valence-electron chi connectivity index (χ0n) is 10.1. The summed E-state index contributed by atoms with van der Waals surface area (Å²) >= 11 is 5.40. The number of H-pyrrole nitrogens is 1. The Morgan fingerprint density at radius 1 is 1.21 bits per heavy atom. The van der Waals surface area contributed by atoms with Crippen molar-refractivity contribution in [2.45, 2.75) is 16.6 Å². The van der Waals surface area contributed by atoms with Crippen LogP contribution in [0.2, 0.25) is 0 Å². The Balaban J connectivity index is 1.73. The third-order valence-electron chi connectivity index (χ3n) is 3.41. The Bertz CT molecular complexity index is 741. The van der Waals surface area contributed by atoms with Gasteiger partial charge in [-0.25, -0.2) is 4.98 Å². The second kappa shape index (κ2) is 4.39.